The van der Waals surface area contributed by atoms with Gasteiger partial charge in [0.05, 0.1) is 6.42 Å². The molecule has 1 aliphatic rings. The molecule has 3 N–H and O–H groups in total. The molecule has 1 aromatic carbocycles. The number of likely N-dealkylation sites (tertiary alicyclic amines) is 1. The highest BCUT2D eigenvalue weighted by molar-refractivity contribution is 7.80. The number of carbonyl (C=O) groups excluding carboxylic acids is 2. The Morgan fingerprint density at radius 3 is 2.67 bits per heavy atom. The van der Waals surface area contributed by atoms with Crippen molar-refractivity contribution in [2.75, 3.05) is 12.4 Å². The number of benzene rings is 1. The lowest BCUT2D eigenvalue weighted by atomic mass is 10.1. The summed E-state index contributed by atoms with van der Waals surface area (Å²) in [5.41, 5.74) is 6.95. The van der Waals surface area contributed by atoms with Crippen LogP contribution in [0.3, 0.4) is 0 Å². The van der Waals surface area contributed by atoms with E-state index in [1.807, 2.05) is 12.1 Å². The highest BCUT2D eigenvalue weighted by Gasteiger charge is 2.36. The van der Waals surface area contributed by atoms with Crippen LogP contribution in [0.1, 0.15) is 12.0 Å². The van der Waals surface area contributed by atoms with Gasteiger partial charge in [-0.05, 0) is 12.1 Å². The summed E-state index contributed by atoms with van der Waals surface area (Å²) < 4.78 is 0. The fourth-order valence-corrected chi connectivity index (χ4v) is 2.06. The summed E-state index contributed by atoms with van der Waals surface area (Å²) >= 11 is 4.94. The van der Waals surface area contributed by atoms with Crippen LogP contribution >= 0.6 is 12.2 Å². The zero-order chi connectivity index (χ0) is 13.3. The zero-order valence-electron chi connectivity index (χ0n) is 9.84. The van der Waals surface area contributed by atoms with Crippen LogP contribution in [0.25, 0.3) is 0 Å². The third-order valence-electron chi connectivity index (χ3n) is 2.90. The first-order valence-electron chi connectivity index (χ1n) is 5.46. The van der Waals surface area contributed by atoms with E-state index in [0.29, 0.717) is 11.3 Å². The average molecular weight is 263 g/mol. The summed E-state index contributed by atoms with van der Waals surface area (Å²) in [5, 5.41) is 3.02. The van der Waals surface area contributed by atoms with Crippen LogP contribution in [-0.4, -0.2) is 34.8 Å². The van der Waals surface area contributed by atoms with E-state index in [4.69, 9.17) is 18.0 Å². The highest BCUT2D eigenvalue weighted by Crippen LogP contribution is 2.20. The van der Waals surface area contributed by atoms with Crippen LogP contribution in [0.4, 0.5) is 5.69 Å². The van der Waals surface area contributed by atoms with Gasteiger partial charge in [-0.2, -0.15) is 0 Å². The van der Waals surface area contributed by atoms with E-state index in [1.165, 1.54) is 7.05 Å². The van der Waals surface area contributed by atoms with E-state index in [0.717, 1.165) is 4.90 Å². The van der Waals surface area contributed by atoms with E-state index >= 15 is 0 Å². The van der Waals surface area contributed by atoms with Crippen LogP contribution in [0.15, 0.2) is 24.3 Å². The lowest BCUT2D eigenvalue weighted by Crippen LogP contribution is -2.32. The Morgan fingerprint density at radius 1 is 1.44 bits per heavy atom. The van der Waals surface area contributed by atoms with Gasteiger partial charge in [0, 0.05) is 18.3 Å². The molecule has 0 bridgehead atoms. The molecule has 94 valence electrons. The Bertz CT molecular complexity index is 530. The lowest BCUT2D eigenvalue weighted by Gasteiger charge is -2.15. The number of anilines is 1. The molecule has 1 fully saturated rings. The van der Waals surface area contributed by atoms with Gasteiger partial charge in [0.25, 0.3) is 5.91 Å². The normalized spacial score (nSPS) is 19.2. The van der Waals surface area contributed by atoms with Gasteiger partial charge < -0.3 is 11.1 Å². The molecule has 0 saturated carbocycles. The van der Waals surface area contributed by atoms with Crippen molar-refractivity contribution < 1.29 is 9.59 Å². The number of amides is 2. The molecule has 0 aromatic heterocycles. The molecule has 2 amide bonds. The number of imide groups is 1. The number of hydrogen-bond donors (Lipinski definition) is 2. The quantitative estimate of drug-likeness (QED) is 0.613. The number of para-hydroxylation sites is 1. The zero-order valence-corrected chi connectivity index (χ0v) is 10.7. The number of nitrogens with two attached hydrogens (primary N) is 1. The van der Waals surface area contributed by atoms with E-state index in [-0.39, 0.29) is 23.2 Å². The van der Waals surface area contributed by atoms with E-state index in [1.54, 1.807) is 12.1 Å². The molecule has 0 aliphatic carbocycles. The van der Waals surface area contributed by atoms with Crippen molar-refractivity contribution in [2.24, 2.45) is 5.73 Å². The van der Waals surface area contributed by atoms with Crippen LogP contribution in [0, 0.1) is 0 Å². The lowest BCUT2D eigenvalue weighted by molar-refractivity contribution is -0.136. The molecule has 1 aliphatic heterocycles. The van der Waals surface area contributed by atoms with E-state index < -0.39 is 6.04 Å². The van der Waals surface area contributed by atoms with Gasteiger partial charge in [-0.1, -0.05) is 24.4 Å². The van der Waals surface area contributed by atoms with Gasteiger partial charge in [-0.25, -0.2) is 0 Å². The van der Waals surface area contributed by atoms with Gasteiger partial charge in [-0.15, -0.1) is 0 Å². The molecule has 1 aromatic rings. The fourth-order valence-electron chi connectivity index (χ4n) is 1.88. The van der Waals surface area contributed by atoms with Gasteiger partial charge >= 0.3 is 0 Å². The van der Waals surface area contributed by atoms with Crippen LogP contribution in [0.5, 0.6) is 0 Å². The van der Waals surface area contributed by atoms with Crippen molar-refractivity contribution in [3.8, 4) is 0 Å². The van der Waals surface area contributed by atoms with Crippen molar-refractivity contribution in [2.45, 2.75) is 12.5 Å². The highest BCUT2D eigenvalue weighted by atomic mass is 32.1. The smallest absolute Gasteiger partial charge is 0.251 e. The first kappa shape index (κ1) is 12.5. The third-order valence-corrected chi connectivity index (χ3v) is 3.12. The monoisotopic (exact) mass is 263 g/mol. The standard InChI is InChI=1S/C12H13N3O2S/c1-15-10(16)6-9(12(15)17)14-8-5-3-2-4-7(8)11(13)18/h2-5,9,14H,6H2,1H3,(H2,13,18). The second-order valence-electron chi connectivity index (χ2n) is 4.10. The largest absolute Gasteiger partial charge is 0.389 e. The predicted octanol–water partition coefficient (Wildman–Crippen LogP) is 0.490. The molecule has 6 heteroatoms. The first-order chi connectivity index (χ1) is 8.50. The van der Waals surface area contributed by atoms with Gasteiger partial charge in [-0.3, -0.25) is 14.5 Å². The number of thiocarbonyl (C=S) groups is 1. The molecule has 0 spiro atoms. The molecule has 0 radical (unpaired) electrons. The van der Waals surface area contributed by atoms with Crippen LogP contribution < -0.4 is 11.1 Å². The fraction of sp³-hybridized carbons (Fsp3) is 0.250. The summed E-state index contributed by atoms with van der Waals surface area (Å²) in [4.78, 5) is 24.6. The SMILES string of the molecule is CN1C(=O)CC(Nc2ccccc2C(N)=S)C1=O. The van der Waals surface area contributed by atoms with E-state index in [9.17, 15) is 9.59 Å². The average Bonchev–Trinajstić information content (AvgIpc) is 2.57. The number of carbonyl (C=O) groups is 2. The van der Waals surface area contributed by atoms with Crippen LogP contribution in [-0.2, 0) is 9.59 Å². The Morgan fingerprint density at radius 2 is 2.11 bits per heavy atom. The molecule has 5 nitrogen and oxygen atoms in total. The molecule has 1 heterocycles. The second-order valence-corrected chi connectivity index (χ2v) is 4.54. The molecular weight excluding hydrogens is 250 g/mol. The molecule has 1 atom stereocenters. The molecular formula is C12H13N3O2S. The van der Waals surface area contributed by atoms with Crippen molar-refractivity contribution in [3.05, 3.63) is 29.8 Å². The molecule has 1 unspecified atom stereocenters. The maximum Gasteiger partial charge on any atom is 0.251 e. The van der Waals surface area contributed by atoms with Crippen LogP contribution in [0.2, 0.25) is 0 Å². The summed E-state index contributed by atoms with van der Waals surface area (Å²) in [6.45, 7) is 0. The topological polar surface area (TPSA) is 75.4 Å². The summed E-state index contributed by atoms with van der Waals surface area (Å²) in [7, 11) is 1.48. The second kappa shape index (κ2) is 4.73. The molecule has 18 heavy (non-hydrogen) atoms. The predicted molar refractivity (Wildman–Crippen MR) is 72.1 cm³/mol. The summed E-state index contributed by atoms with van der Waals surface area (Å²) in [6, 6.07) is 6.64. The number of likely N-dealkylation sites (N-methyl/N-ethyl adjacent to an activating group) is 1. The van der Waals surface area contributed by atoms with Gasteiger partial charge in [0.1, 0.15) is 11.0 Å². The molecule has 1 saturated heterocycles. The van der Waals surface area contributed by atoms with E-state index in [2.05, 4.69) is 5.32 Å². The Labute approximate surface area is 110 Å². The minimum absolute atomic E-state index is 0.154. The number of hydrogen-bond acceptors (Lipinski definition) is 4. The Hall–Kier alpha value is -1.95. The summed E-state index contributed by atoms with van der Waals surface area (Å²) in [5.74, 6) is -0.428. The molecule has 2 rings (SSSR count). The Kier molecular flexibility index (Phi) is 3.29. The van der Waals surface area contributed by atoms with Gasteiger partial charge in [0.2, 0.25) is 5.91 Å². The number of nitrogens with zero attached hydrogens (tertiary/aromatic N) is 1. The maximum absolute atomic E-state index is 11.8. The maximum atomic E-state index is 11.8. The third kappa shape index (κ3) is 2.19. The van der Waals surface area contributed by atoms with Crippen molar-refractivity contribution in [1.29, 1.82) is 0 Å². The van der Waals surface area contributed by atoms with Crippen molar-refractivity contribution in [1.82, 2.24) is 4.90 Å². The van der Waals surface area contributed by atoms with Crippen molar-refractivity contribution >= 4 is 34.7 Å². The number of rotatable bonds is 3. The minimum Gasteiger partial charge on any atom is -0.389 e. The van der Waals surface area contributed by atoms with Gasteiger partial charge in [0.15, 0.2) is 0 Å². The first-order valence-corrected chi connectivity index (χ1v) is 5.87. The minimum atomic E-state index is -0.544. The summed E-state index contributed by atoms with van der Waals surface area (Å²) in [6.07, 6.45) is 0.154. The number of nitrogens with one attached hydrogen (secondary N) is 1. The van der Waals surface area contributed by atoms with Crippen molar-refractivity contribution in [3.63, 3.8) is 0 Å². The Balaban J connectivity index is 2.23.